The van der Waals surface area contributed by atoms with E-state index >= 15 is 24.0 Å². The highest BCUT2D eigenvalue weighted by molar-refractivity contribution is 5.99. The molecule has 0 radical (unpaired) electrons. The first kappa shape index (κ1) is 72.1. The van der Waals surface area contributed by atoms with Crippen molar-refractivity contribution in [1.29, 1.82) is 0 Å². The minimum atomic E-state index is -1.99. The normalized spacial score (nSPS) is 24.8. The van der Waals surface area contributed by atoms with Crippen LogP contribution in [0.5, 0.6) is 0 Å². The smallest absolute Gasteiger partial charge is 0.332 e. The Morgan fingerprint density at radius 1 is 0.618 bits per heavy atom. The van der Waals surface area contributed by atoms with E-state index in [-0.39, 0.29) is 44.1 Å². The molecule has 21 heteroatoms. The van der Waals surface area contributed by atoms with Gasteiger partial charge < -0.3 is 55.6 Å². The Balaban J connectivity index is 1.73. The van der Waals surface area contributed by atoms with Gasteiger partial charge in [0.2, 0.25) is 47.3 Å². The van der Waals surface area contributed by atoms with E-state index in [0.29, 0.717) is 36.1 Å². The lowest BCUT2D eigenvalue weighted by atomic mass is 9.93. The molecule has 2 heterocycles. The van der Waals surface area contributed by atoms with Gasteiger partial charge in [0.1, 0.15) is 42.3 Å². The Labute approximate surface area is 526 Å². The second kappa shape index (κ2) is 31.7. The van der Waals surface area contributed by atoms with Gasteiger partial charge in [-0.1, -0.05) is 142 Å². The van der Waals surface area contributed by atoms with E-state index in [9.17, 15) is 29.1 Å². The number of nitrogens with zero attached hydrogens (tertiary/aromatic N) is 5. The number of carbonyl (C=O) groups excluding carboxylic acids is 10. The third-order valence-electron chi connectivity index (χ3n) is 17.4. The van der Waals surface area contributed by atoms with Crippen molar-refractivity contribution in [3.8, 4) is 11.1 Å². The molecular formula is C68H99N9O12. The third kappa shape index (κ3) is 18.2. The van der Waals surface area contributed by atoms with Crippen LogP contribution in [0.1, 0.15) is 133 Å². The molecule has 9 amide bonds. The third-order valence-corrected chi connectivity index (χ3v) is 17.4. The number of hydrogen-bond donors (Lipinski definition) is 5. The van der Waals surface area contributed by atoms with E-state index in [1.165, 1.54) is 68.6 Å². The zero-order valence-electron chi connectivity index (χ0n) is 55.4. The number of benzene rings is 3. The number of amides is 9. The van der Waals surface area contributed by atoms with Gasteiger partial charge in [0, 0.05) is 66.1 Å². The number of rotatable bonds is 15. The number of aliphatic hydroxyl groups is 1. The molecule has 0 bridgehead atoms. The van der Waals surface area contributed by atoms with Gasteiger partial charge in [0.15, 0.2) is 12.1 Å². The summed E-state index contributed by atoms with van der Waals surface area (Å²) in [5.41, 5.74) is 1.50. The zero-order chi connectivity index (χ0) is 66.5. The van der Waals surface area contributed by atoms with Gasteiger partial charge in [-0.3, -0.25) is 43.2 Å². The summed E-state index contributed by atoms with van der Waals surface area (Å²) in [5.74, 6) is -9.26. The lowest BCUT2D eigenvalue weighted by Gasteiger charge is -2.39. The number of nitrogens with one attached hydrogen (secondary N) is 4. The molecule has 2 aliphatic heterocycles. The van der Waals surface area contributed by atoms with Crippen LogP contribution in [0.3, 0.4) is 0 Å². The number of ether oxygens (including phenoxy) is 1. The molecule has 0 spiro atoms. The molecule has 5 rings (SSSR count). The highest BCUT2D eigenvalue weighted by Gasteiger charge is 2.48. The van der Waals surface area contributed by atoms with Gasteiger partial charge in [0.25, 0.3) is 5.91 Å². The Kier molecular flexibility index (Phi) is 25.6. The maximum Gasteiger partial charge on any atom is 0.332 e. The summed E-state index contributed by atoms with van der Waals surface area (Å²) in [6.07, 6.45) is -0.220. The second-order valence-corrected chi connectivity index (χ2v) is 26.2. The first-order chi connectivity index (χ1) is 41.7. The number of fused-ring (bicyclic) bond motifs is 1. The zero-order valence-corrected chi connectivity index (χ0v) is 55.4. The molecule has 2 unspecified atom stereocenters. The fourth-order valence-corrected chi connectivity index (χ4v) is 12.2. The molecule has 3 aromatic rings. The Morgan fingerprint density at radius 2 is 1.17 bits per heavy atom. The van der Waals surface area contributed by atoms with Crippen LogP contribution in [0.2, 0.25) is 0 Å². The summed E-state index contributed by atoms with van der Waals surface area (Å²) in [5, 5.41) is 23.4. The maximum atomic E-state index is 15.7. The molecule has 21 nitrogen and oxygen atoms in total. The number of carbonyl (C=O) groups is 10. The van der Waals surface area contributed by atoms with Gasteiger partial charge in [-0.15, -0.1) is 0 Å². The summed E-state index contributed by atoms with van der Waals surface area (Å²) in [7, 11) is 5.64. The van der Waals surface area contributed by atoms with E-state index in [1.54, 1.807) is 84.9 Å². The van der Waals surface area contributed by atoms with Gasteiger partial charge in [0.05, 0.1) is 5.60 Å². The van der Waals surface area contributed by atoms with Gasteiger partial charge >= 0.3 is 5.97 Å². The Hall–Kier alpha value is -7.68. The summed E-state index contributed by atoms with van der Waals surface area (Å²) in [4.78, 5) is 154. The Morgan fingerprint density at radius 3 is 1.71 bits per heavy atom. The molecule has 2 fully saturated rings. The fraction of sp³-hybridized carbons (Fsp3) is 0.588. The van der Waals surface area contributed by atoms with E-state index in [4.69, 9.17) is 4.74 Å². The average Bonchev–Trinajstić information content (AvgIpc) is 1.96. The number of hydrogen-bond acceptors (Lipinski definition) is 12. The lowest BCUT2D eigenvalue weighted by molar-refractivity contribution is -0.177. The minimum absolute atomic E-state index is 0.0498. The van der Waals surface area contributed by atoms with Crippen LogP contribution >= 0.6 is 0 Å². The number of esters is 1. The van der Waals surface area contributed by atoms with Crippen LogP contribution in [-0.2, 0) is 65.5 Å². The predicted octanol–water partition coefficient (Wildman–Crippen LogP) is 6.00. The first-order valence-electron chi connectivity index (χ1n) is 31.5. The number of anilines is 1. The average molecular weight is 1230 g/mol. The lowest BCUT2D eigenvalue weighted by Crippen LogP contribution is -2.63. The van der Waals surface area contributed by atoms with Crippen molar-refractivity contribution in [2.24, 2.45) is 29.6 Å². The summed E-state index contributed by atoms with van der Waals surface area (Å²) in [6, 6.07) is 13.2. The van der Waals surface area contributed by atoms with Gasteiger partial charge in [-0.05, 0) is 97.6 Å². The van der Waals surface area contributed by atoms with Crippen molar-refractivity contribution < 1.29 is 57.8 Å². The molecule has 3 aromatic carbocycles. The van der Waals surface area contributed by atoms with E-state index < -0.39 is 137 Å². The molecule has 5 N–H and O–H groups in total. The first-order valence-corrected chi connectivity index (χ1v) is 31.5. The van der Waals surface area contributed by atoms with Crippen LogP contribution in [0.25, 0.3) is 11.1 Å². The topological polar surface area (TPSA) is 264 Å². The highest BCUT2D eigenvalue weighted by Crippen LogP contribution is 2.29. The van der Waals surface area contributed by atoms with Gasteiger partial charge in [-0.2, -0.15) is 0 Å². The number of likely N-dealkylation sites (N-methyl/N-ethyl adjacent to an activating group) is 4. The molecule has 0 aromatic heterocycles. The molecular weight excluding hydrogens is 1130 g/mol. The molecule has 11 atom stereocenters. The SMILES string of the molecule is CCC(C)[C@@H]1NC(=O)[C@@H]2CCCN2C(=O)[C@H](Cc2cccc(-c3ccc(NC(C)=O)cc3)c2)N(C)C(=O)[C@H](Cc2ccccc2)NC(=O)[C@H](C(C)C)N(C)C(=O)[C@@H](C(C)CC)OC(=O)[C@H](C(C)(C)O)N(C)C(=O)[C@H](CC(C)C)NC(=O)[C@H](C(C)C)N(C)C1=O. The highest BCUT2D eigenvalue weighted by atomic mass is 16.6. The summed E-state index contributed by atoms with van der Waals surface area (Å²) >= 11 is 0. The molecule has 0 saturated carbocycles. The second-order valence-electron chi connectivity index (χ2n) is 26.2. The quantitative estimate of drug-likeness (QED) is 0.110. The molecule has 488 valence electrons. The molecule has 0 aliphatic carbocycles. The monoisotopic (exact) mass is 1230 g/mol. The van der Waals surface area contributed by atoms with Crippen LogP contribution < -0.4 is 21.3 Å². The van der Waals surface area contributed by atoms with Crippen molar-refractivity contribution in [2.75, 3.05) is 40.1 Å². The van der Waals surface area contributed by atoms with Crippen molar-refractivity contribution >= 4 is 64.8 Å². The van der Waals surface area contributed by atoms with Crippen molar-refractivity contribution in [1.82, 2.24) is 40.4 Å². The van der Waals surface area contributed by atoms with Crippen molar-refractivity contribution in [2.45, 2.75) is 195 Å². The van der Waals surface area contributed by atoms with Crippen LogP contribution in [0, 0.1) is 29.6 Å². The molecule has 89 heavy (non-hydrogen) atoms. The van der Waals surface area contributed by atoms with Crippen molar-refractivity contribution in [3.63, 3.8) is 0 Å². The van der Waals surface area contributed by atoms with Crippen LogP contribution in [0.15, 0.2) is 78.9 Å². The standard InChI is InChI=1S/C68H99N9O12/c1-18-42(9)54-65(85)74(15)55(40(5)6)60(80)70-50(35-39(3)4)63(83)76(17)58(68(12,13)88)67(87)89-57(43(10)19-2)66(86)75(16)56(41(7)8)61(81)71-51(37-45-25-21-20-22-26-45)62(82)73(14)53(64(84)77-34-24-29-52(77)59(79)72-54)38-46-27-23-28-48(36-46)47-30-32-49(33-31-47)69-44(11)78/h20-23,25-28,30-33,36,39-43,50-58,88H,18-19,24,29,34-35,37-38H2,1-17H3,(H,69,78)(H,70,80)(H,71,81)(H,72,79)/t42?,43?,50-,51-,52-,53-,54-,55-,56-,57+,58+/m0/s1. The van der Waals surface area contributed by atoms with Crippen LogP contribution in [0.4, 0.5) is 5.69 Å². The summed E-state index contributed by atoms with van der Waals surface area (Å²) < 4.78 is 6.13. The minimum Gasteiger partial charge on any atom is -0.450 e. The Bertz CT molecular complexity index is 2980. The van der Waals surface area contributed by atoms with Crippen molar-refractivity contribution in [3.05, 3.63) is 90.0 Å². The molecule has 2 saturated heterocycles. The molecule has 2 aliphatic rings. The fourth-order valence-electron chi connectivity index (χ4n) is 12.2. The number of cyclic esters (lactones) is 1. The van der Waals surface area contributed by atoms with Gasteiger partial charge in [-0.25, -0.2) is 4.79 Å². The van der Waals surface area contributed by atoms with E-state index in [0.717, 1.165) is 16.0 Å². The van der Waals surface area contributed by atoms with E-state index in [1.807, 2.05) is 63.2 Å². The summed E-state index contributed by atoms with van der Waals surface area (Å²) in [6.45, 7) is 21.9. The van der Waals surface area contributed by atoms with E-state index in [2.05, 4.69) is 21.3 Å². The predicted molar refractivity (Wildman–Crippen MR) is 341 cm³/mol. The maximum absolute atomic E-state index is 15.7. The van der Waals surface area contributed by atoms with Crippen LogP contribution in [-0.4, -0.2) is 184 Å². The largest absolute Gasteiger partial charge is 0.450 e.